The van der Waals surface area contributed by atoms with E-state index in [2.05, 4.69) is 9.80 Å². The van der Waals surface area contributed by atoms with E-state index in [9.17, 15) is 14.9 Å². The lowest BCUT2D eigenvalue weighted by Gasteiger charge is -2.38. The Hall–Kier alpha value is -2.15. The van der Waals surface area contributed by atoms with E-state index in [0.717, 1.165) is 25.9 Å². The van der Waals surface area contributed by atoms with Crippen molar-refractivity contribution in [3.05, 3.63) is 33.9 Å². The van der Waals surface area contributed by atoms with Gasteiger partial charge in [0.1, 0.15) is 0 Å². The molecule has 1 saturated heterocycles. The first kappa shape index (κ1) is 16.2. The fraction of sp³-hybridized carbons (Fsp3) is 0.533. The minimum Gasteiger partial charge on any atom is -0.465 e. The van der Waals surface area contributed by atoms with E-state index in [-0.39, 0.29) is 11.3 Å². The van der Waals surface area contributed by atoms with Crippen LogP contribution in [-0.4, -0.2) is 56.1 Å². The number of likely N-dealkylation sites (N-methyl/N-ethyl adjacent to an activating group) is 1. The van der Waals surface area contributed by atoms with E-state index < -0.39 is 10.9 Å². The Labute approximate surface area is 129 Å². The van der Waals surface area contributed by atoms with Crippen molar-refractivity contribution in [1.29, 1.82) is 0 Å². The number of nitro groups is 1. The van der Waals surface area contributed by atoms with Crippen LogP contribution in [0, 0.1) is 10.1 Å². The molecule has 0 aromatic heterocycles. The monoisotopic (exact) mass is 307 g/mol. The Bertz CT molecular complexity index is 574. The van der Waals surface area contributed by atoms with Crippen LogP contribution in [0.15, 0.2) is 18.2 Å². The molecule has 1 aromatic carbocycles. The number of carbonyl (C=O) groups excluding carboxylic acids is 1. The number of carbonyl (C=O) groups is 1. The fourth-order valence-electron chi connectivity index (χ4n) is 2.78. The summed E-state index contributed by atoms with van der Waals surface area (Å²) in [6, 6.07) is 4.76. The van der Waals surface area contributed by atoms with Crippen LogP contribution in [0.25, 0.3) is 0 Å². The van der Waals surface area contributed by atoms with Gasteiger partial charge in [0.25, 0.3) is 5.69 Å². The van der Waals surface area contributed by atoms with Gasteiger partial charge in [-0.05, 0) is 33.0 Å². The molecule has 1 aliphatic rings. The molecule has 1 atom stereocenters. The number of rotatable bonds is 4. The molecule has 120 valence electrons. The maximum Gasteiger partial charge on any atom is 0.340 e. The quantitative estimate of drug-likeness (QED) is 0.480. The molecule has 7 nitrogen and oxygen atoms in total. The highest BCUT2D eigenvalue weighted by Gasteiger charge is 2.26. The first-order valence-electron chi connectivity index (χ1n) is 7.22. The molecule has 0 aliphatic carbocycles. The predicted octanol–water partition coefficient (Wildman–Crippen LogP) is 1.91. The SMILES string of the molecule is COC(=O)c1cc([N+](=O)[O-])ccc1N1CCCC(N(C)C)C1. The number of nitrogens with zero attached hydrogens (tertiary/aromatic N) is 3. The Kier molecular flexibility index (Phi) is 4.97. The number of anilines is 1. The molecule has 1 heterocycles. The number of nitro benzene ring substituents is 1. The second-order valence-corrected chi connectivity index (χ2v) is 5.66. The summed E-state index contributed by atoms with van der Waals surface area (Å²) in [5.74, 6) is -0.550. The van der Waals surface area contributed by atoms with Gasteiger partial charge in [0.05, 0.1) is 23.3 Å². The molecule has 1 unspecified atom stereocenters. The van der Waals surface area contributed by atoms with Crippen LogP contribution in [0.2, 0.25) is 0 Å². The van der Waals surface area contributed by atoms with Gasteiger partial charge >= 0.3 is 5.97 Å². The second-order valence-electron chi connectivity index (χ2n) is 5.66. The molecular weight excluding hydrogens is 286 g/mol. The average molecular weight is 307 g/mol. The third kappa shape index (κ3) is 3.36. The van der Waals surface area contributed by atoms with Gasteiger partial charge in [0.2, 0.25) is 0 Å². The molecule has 0 saturated carbocycles. The van der Waals surface area contributed by atoms with Gasteiger partial charge in [0, 0.05) is 31.3 Å². The second kappa shape index (κ2) is 6.74. The van der Waals surface area contributed by atoms with Crippen molar-refractivity contribution in [2.45, 2.75) is 18.9 Å². The number of esters is 1. The van der Waals surface area contributed by atoms with Crippen LogP contribution in [0.1, 0.15) is 23.2 Å². The van der Waals surface area contributed by atoms with Crippen molar-refractivity contribution in [2.24, 2.45) is 0 Å². The lowest BCUT2D eigenvalue weighted by atomic mass is 10.0. The van der Waals surface area contributed by atoms with Crippen molar-refractivity contribution >= 4 is 17.3 Å². The molecular formula is C15H21N3O4. The molecule has 1 fully saturated rings. The zero-order valence-corrected chi connectivity index (χ0v) is 13.1. The van der Waals surface area contributed by atoms with Crippen molar-refractivity contribution in [3.8, 4) is 0 Å². The molecule has 1 aromatic rings. The van der Waals surface area contributed by atoms with Gasteiger partial charge in [-0.25, -0.2) is 4.79 Å². The third-order valence-electron chi connectivity index (χ3n) is 4.06. The van der Waals surface area contributed by atoms with Gasteiger partial charge in [0.15, 0.2) is 0 Å². The lowest BCUT2D eigenvalue weighted by molar-refractivity contribution is -0.384. The van der Waals surface area contributed by atoms with E-state index in [1.165, 1.54) is 19.2 Å². The summed E-state index contributed by atoms with van der Waals surface area (Å²) in [4.78, 5) is 26.7. The predicted molar refractivity (Wildman–Crippen MR) is 83.4 cm³/mol. The van der Waals surface area contributed by atoms with Crippen LogP contribution in [0.5, 0.6) is 0 Å². The summed E-state index contributed by atoms with van der Waals surface area (Å²) in [6.07, 6.45) is 2.12. The number of methoxy groups -OCH3 is 1. The molecule has 0 amide bonds. The number of hydrogen-bond donors (Lipinski definition) is 0. The molecule has 1 aliphatic heterocycles. The summed E-state index contributed by atoms with van der Waals surface area (Å²) in [5, 5.41) is 10.9. The first-order valence-corrected chi connectivity index (χ1v) is 7.22. The normalized spacial score (nSPS) is 18.4. The zero-order valence-electron chi connectivity index (χ0n) is 13.1. The lowest BCUT2D eigenvalue weighted by Crippen LogP contribution is -2.45. The molecule has 2 rings (SSSR count). The van der Waals surface area contributed by atoms with Crippen LogP contribution in [0.3, 0.4) is 0 Å². The Morgan fingerprint density at radius 1 is 1.45 bits per heavy atom. The number of non-ortho nitro benzene ring substituents is 1. The van der Waals surface area contributed by atoms with Crippen LogP contribution >= 0.6 is 0 Å². The first-order chi connectivity index (χ1) is 10.4. The van der Waals surface area contributed by atoms with E-state index in [4.69, 9.17) is 4.74 Å². The molecule has 0 radical (unpaired) electrons. The van der Waals surface area contributed by atoms with Crippen molar-refractivity contribution < 1.29 is 14.5 Å². The topological polar surface area (TPSA) is 75.9 Å². The van der Waals surface area contributed by atoms with Gasteiger partial charge in [-0.15, -0.1) is 0 Å². The third-order valence-corrected chi connectivity index (χ3v) is 4.06. The van der Waals surface area contributed by atoms with E-state index >= 15 is 0 Å². The standard InChI is InChI=1S/C15H21N3O4/c1-16(2)12-5-4-8-17(10-12)14-7-6-11(18(20)21)9-13(14)15(19)22-3/h6-7,9,12H,4-5,8,10H2,1-3H3. The van der Waals surface area contributed by atoms with Gasteiger partial charge in [-0.2, -0.15) is 0 Å². The minimum absolute atomic E-state index is 0.106. The maximum absolute atomic E-state index is 12.0. The number of piperidine rings is 1. The van der Waals surface area contributed by atoms with E-state index in [0.29, 0.717) is 11.7 Å². The van der Waals surface area contributed by atoms with Crippen molar-refractivity contribution in [3.63, 3.8) is 0 Å². The maximum atomic E-state index is 12.0. The highest BCUT2D eigenvalue weighted by molar-refractivity contribution is 5.96. The summed E-state index contributed by atoms with van der Waals surface area (Å²) in [6.45, 7) is 1.61. The zero-order chi connectivity index (χ0) is 16.3. The highest BCUT2D eigenvalue weighted by atomic mass is 16.6. The smallest absolute Gasteiger partial charge is 0.340 e. The summed E-state index contributed by atoms with van der Waals surface area (Å²) >= 11 is 0. The number of ether oxygens (including phenoxy) is 1. The van der Waals surface area contributed by atoms with Crippen molar-refractivity contribution in [2.75, 3.05) is 39.2 Å². The molecule has 22 heavy (non-hydrogen) atoms. The fourth-order valence-corrected chi connectivity index (χ4v) is 2.78. The van der Waals surface area contributed by atoms with Crippen LogP contribution in [0.4, 0.5) is 11.4 Å². The molecule has 7 heteroatoms. The summed E-state index contributed by atoms with van der Waals surface area (Å²) < 4.78 is 4.78. The average Bonchev–Trinajstić information content (AvgIpc) is 2.53. The molecule has 0 bridgehead atoms. The van der Waals surface area contributed by atoms with Crippen molar-refractivity contribution in [1.82, 2.24) is 4.90 Å². The minimum atomic E-state index is -0.550. The molecule has 0 N–H and O–H groups in total. The van der Waals surface area contributed by atoms with Crippen LogP contribution < -0.4 is 4.90 Å². The van der Waals surface area contributed by atoms with E-state index in [1.807, 2.05) is 14.1 Å². The van der Waals surface area contributed by atoms with Gasteiger partial charge in [-0.1, -0.05) is 0 Å². The Balaban J connectivity index is 2.36. The summed E-state index contributed by atoms with van der Waals surface area (Å²) in [7, 11) is 5.35. The summed E-state index contributed by atoms with van der Waals surface area (Å²) in [5.41, 5.74) is 0.838. The van der Waals surface area contributed by atoms with Gasteiger partial charge < -0.3 is 14.5 Å². The van der Waals surface area contributed by atoms with Crippen LogP contribution in [-0.2, 0) is 4.74 Å². The van der Waals surface area contributed by atoms with Gasteiger partial charge in [-0.3, -0.25) is 10.1 Å². The Morgan fingerprint density at radius 2 is 2.18 bits per heavy atom. The number of benzene rings is 1. The highest BCUT2D eigenvalue weighted by Crippen LogP contribution is 2.29. The number of hydrogen-bond acceptors (Lipinski definition) is 6. The Morgan fingerprint density at radius 3 is 2.77 bits per heavy atom. The molecule has 0 spiro atoms. The largest absolute Gasteiger partial charge is 0.465 e. The van der Waals surface area contributed by atoms with E-state index in [1.54, 1.807) is 6.07 Å².